The van der Waals surface area contributed by atoms with E-state index in [4.69, 9.17) is 16.3 Å². The maximum Gasteiger partial charge on any atom is 0.242 e. The number of halogens is 1. The van der Waals surface area contributed by atoms with Crippen molar-refractivity contribution in [3.63, 3.8) is 0 Å². The van der Waals surface area contributed by atoms with Gasteiger partial charge in [-0.05, 0) is 50.5 Å². The third-order valence-electron chi connectivity index (χ3n) is 4.26. The van der Waals surface area contributed by atoms with E-state index in [-0.39, 0.29) is 18.4 Å². The molecule has 0 aromatic heterocycles. The minimum absolute atomic E-state index is 0.128. The number of amides is 2. The second-order valence-electron chi connectivity index (χ2n) is 6.53. The Bertz CT molecular complexity index is 781. The lowest BCUT2D eigenvalue weighted by Crippen LogP contribution is -2.44. The van der Waals surface area contributed by atoms with E-state index < -0.39 is 6.04 Å². The van der Waals surface area contributed by atoms with Crippen molar-refractivity contribution >= 4 is 23.4 Å². The average Bonchev–Trinajstić information content (AvgIpc) is 2.68. The van der Waals surface area contributed by atoms with Gasteiger partial charge in [-0.2, -0.15) is 0 Å². The SMILES string of the molecule is CCOc1ccc(Cl)cc1CNC(=O)C(C)NC(=O)CCCc1ccccc1. The molecule has 0 heterocycles. The third kappa shape index (κ3) is 7.24. The zero-order valence-corrected chi connectivity index (χ0v) is 17.1. The van der Waals surface area contributed by atoms with Gasteiger partial charge in [0.2, 0.25) is 11.8 Å². The first-order valence-electron chi connectivity index (χ1n) is 9.51. The first-order valence-corrected chi connectivity index (χ1v) is 9.89. The highest BCUT2D eigenvalue weighted by molar-refractivity contribution is 6.30. The number of hydrogen-bond donors (Lipinski definition) is 2. The largest absolute Gasteiger partial charge is 0.494 e. The lowest BCUT2D eigenvalue weighted by Gasteiger charge is -2.16. The number of aryl methyl sites for hydroxylation is 1. The Labute approximate surface area is 171 Å². The maximum absolute atomic E-state index is 12.3. The van der Waals surface area contributed by atoms with Gasteiger partial charge < -0.3 is 15.4 Å². The molecule has 0 aliphatic rings. The van der Waals surface area contributed by atoms with Gasteiger partial charge in [-0.15, -0.1) is 0 Å². The Morgan fingerprint density at radius 2 is 1.89 bits per heavy atom. The normalized spacial score (nSPS) is 11.5. The summed E-state index contributed by atoms with van der Waals surface area (Å²) in [5, 5.41) is 6.14. The van der Waals surface area contributed by atoms with Crippen LogP contribution in [0.25, 0.3) is 0 Å². The fourth-order valence-electron chi connectivity index (χ4n) is 2.79. The molecule has 0 saturated carbocycles. The van der Waals surface area contributed by atoms with Gasteiger partial charge in [0.15, 0.2) is 0 Å². The Morgan fingerprint density at radius 3 is 2.61 bits per heavy atom. The number of rotatable bonds is 10. The molecule has 0 bridgehead atoms. The highest BCUT2D eigenvalue weighted by atomic mass is 35.5. The van der Waals surface area contributed by atoms with Crippen molar-refractivity contribution in [1.82, 2.24) is 10.6 Å². The van der Waals surface area contributed by atoms with E-state index in [0.717, 1.165) is 18.4 Å². The molecular formula is C22H27ClN2O3. The highest BCUT2D eigenvalue weighted by Gasteiger charge is 2.16. The van der Waals surface area contributed by atoms with Crippen molar-refractivity contribution in [3.05, 3.63) is 64.7 Å². The van der Waals surface area contributed by atoms with Gasteiger partial charge in [-0.3, -0.25) is 9.59 Å². The second kappa shape index (κ2) is 11.3. The van der Waals surface area contributed by atoms with Gasteiger partial charge >= 0.3 is 0 Å². The van der Waals surface area contributed by atoms with Gasteiger partial charge in [0.05, 0.1) is 6.61 Å². The molecule has 0 aliphatic carbocycles. The molecule has 150 valence electrons. The van der Waals surface area contributed by atoms with Crippen LogP contribution < -0.4 is 15.4 Å². The summed E-state index contributed by atoms with van der Waals surface area (Å²) in [7, 11) is 0. The van der Waals surface area contributed by atoms with Crippen LogP contribution in [0.1, 0.15) is 37.8 Å². The summed E-state index contributed by atoms with van der Waals surface area (Å²) < 4.78 is 5.55. The smallest absolute Gasteiger partial charge is 0.242 e. The first-order chi connectivity index (χ1) is 13.5. The lowest BCUT2D eigenvalue weighted by molar-refractivity contribution is -0.128. The van der Waals surface area contributed by atoms with Crippen molar-refractivity contribution in [3.8, 4) is 5.75 Å². The number of benzene rings is 2. The quantitative estimate of drug-likeness (QED) is 0.633. The fraction of sp³-hybridized carbons (Fsp3) is 0.364. The number of carbonyl (C=O) groups is 2. The molecule has 0 aliphatic heterocycles. The molecule has 0 fully saturated rings. The summed E-state index contributed by atoms with van der Waals surface area (Å²) in [6.07, 6.45) is 1.96. The van der Waals surface area contributed by atoms with E-state index in [1.54, 1.807) is 25.1 Å². The molecular weight excluding hydrogens is 376 g/mol. The van der Waals surface area contributed by atoms with Crippen LogP contribution in [0.5, 0.6) is 5.75 Å². The van der Waals surface area contributed by atoms with Crippen molar-refractivity contribution in [2.75, 3.05) is 6.61 Å². The monoisotopic (exact) mass is 402 g/mol. The third-order valence-corrected chi connectivity index (χ3v) is 4.49. The molecule has 1 atom stereocenters. The lowest BCUT2D eigenvalue weighted by atomic mass is 10.1. The van der Waals surface area contributed by atoms with Crippen molar-refractivity contribution in [2.24, 2.45) is 0 Å². The first kappa shape index (κ1) is 21.8. The van der Waals surface area contributed by atoms with Gasteiger partial charge in [-0.25, -0.2) is 0 Å². The zero-order valence-electron chi connectivity index (χ0n) is 16.3. The predicted octanol–water partition coefficient (Wildman–Crippen LogP) is 3.88. The summed E-state index contributed by atoms with van der Waals surface area (Å²) in [5.74, 6) is 0.306. The highest BCUT2D eigenvalue weighted by Crippen LogP contribution is 2.22. The molecule has 6 heteroatoms. The van der Waals surface area contributed by atoms with Crippen LogP contribution in [-0.2, 0) is 22.6 Å². The van der Waals surface area contributed by atoms with Crippen molar-refractivity contribution in [1.29, 1.82) is 0 Å². The molecule has 2 aromatic rings. The van der Waals surface area contributed by atoms with Gasteiger partial charge in [0.25, 0.3) is 0 Å². The van der Waals surface area contributed by atoms with E-state index in [1.165, 1.54) is 5.56 Å². The standard InChI is InChI=1S/C22H27ClN2O3/c1-3-28-20-13-12-19(23)14-18(20)15-24-22(27)16(2)25-21(26)11-7-10-17-8-5-4-6-9-17/h4-6,8-9,12-14,16H,3,7,10-11,15H2,1-2H3,(H,24,27)(H,25,26). The molecule has 1 unspecified atom stereocenters. The van der Waals surface area contributed by atoms with E-state index in [2.05, 4.69) is 10.6 Å². The molecule has 2 aromatic carbocycles. The Hall–Kier alpha value is -2.53. The average molecular weight is 403 g/mol. The van der Waals surface area contributed by atoms with E-state index in [0.29, 0.717) is 23.8 Å². The molecule has 0 spiro atoms. The van der Waals surface area contributed by atoms with E-state index in [9.17, 15) is 9.59 Å². The summed E-state index contributed by atoms with van der Waals surface area (Å²) in [5.41, 5.74) is 2.00. The summed E-state index contributed by atoms with van der Waals surface area (Å²) in [6.45, 7) is 4.37. The van der Waals surface area contributed by atoms with E-state index in [1.807, 2.05) is 37.3 Å². The van der Waals surface area contributed by atoms with Crippen LogP contribution in [0.15, 0.2) is 48.5 Å². The van der Waals surface area contributed by atoms with Gasteiger partial charge in [0, 0.05) is 23.6 Å². The summed E-state index contributed by atoms with van der Waals surface area (Å²) in [6, 6.07) is 14.7. The topological polar surface area (TPSA) is 67.4 Å². The number of hydrogen-bond acceptors (Lipinski definition) is 3. The Kier molecular flexibility index (Phi) is 8.82. The van der Waals surface area contributed by atoms with Crippen molar-refractivity contribution < 1.29 is 14.3 Å². The van der Waals surface area contributed by atoms with Crippen LogP contribution in [-0.4, -0.2) is 24.5 Å². The van der Waals surface area contributed by atoms with Gasteiger partial charge in [0.1, 0.15) is 11.8 Å². The van der Waals surface area contributed by atoms with Gasteiger partial charge in [-0.1, -0.05) is 41.9 Å². The number of carbonyl (C=O) groups excluding carboxylic acids is 2. The molecule has 2 rings (SSSR count). The number of nitrogens with one attached hydrogen (secondary N) is 2. The Balaban J connectivity index is 1.76. The van der Waals surface area contributed by atoms with Crippen LogP contribution in [0.3, 0.4) is 0 Å². The summed E-state index contributed by atoms with van der Waals surface area (Å²) in [4.78, 5) is 24.4. The minimum Gasteiger partial charge on any atom is -0.494 e. The predicted molar refractivity (Wildman–Crippen MR) is 111 cm³/mol. The summed E-state index contributed by atoms with van der Waals surface area (Å²) >= 11 is 6.03. The molecule has 2 N–H and O–H groups in total. The number of ether oxygens (including phenoxy) is 1. The minimum atomic E-state index is -0.612. The van der Waals surface area contributed by atoms with Crippen LogP contribution in [0.4, 0.5) is 0 Å². The molecule has 5 nitrogen and oxygen atoms in total. The molecule has 28 heavy (non-hydrogen) atoms. The van der Waals surface area contributed by atoms with Crippen LogP contribution in [0, 0.1) is 0 Å². The molecule has 0 radical (unpaired) electrons. The molecule has 0 saturated heterocycles. The fourth-order valence-corrected chi connectivity index (χ4v) is 2.99. The maximum atomic E-state index is 12.3. The van der Waals surface area contributed by atoms with E-state index >= 15 is 0 Å². The van der Waals surface area contributed by atoms with Crippen LogP contribution in [0.2, 0.25) is 5.02 Å². The van der Waals surface area contributed by atoms with Crippen LogP contribution >= 0.6 is 11.6 Å². The zero-order chi connectivity index (χ0) is 20.4. The second-order valence-corrected chi connectivity index (χ2v) is 6.97. The molecule has 2 amide bonds. The van der Waals surface area contributed by atoms with Crippen molar-refractivity contribution in [2.45, 2.75) is 45.7 Å². The Morgan fingerprint density at radius 1 is 1.14 bits per heavy atom.